The summed E-state index contributed by atoms with van der Waals surface area (Å²) in [6, 6.07) is 14.0. The van der Waals surface area contributed by atoms with Crippen molar-refractivity contribution in [1.82, 2.24) is 9.88 Å². The van der Waals surface area contributed by atoms with Crippen LogP contribution in [0.2, 0.25) is 0 Å². The van der Waals surface area contributed by atoms with Gasteiger partial charge in [-0.15, -0.1) is 0 Å². The number of piperidine rings is 1. The minimum Gasteiger partial charge on any atom is -0.367 e. The van der Waals surface area contributed by atoms with Crippen molar-refractivity contribution >= 4 is 11.5 Å². The van der Waals surface area contributed by atoms with Gasteiger partial charge in [0.05, 0.1) is 4.92 Å². The molecule has 0 spiro atoms. The smallest absolute Gasteiger partial charge is 0.287 e. The van der Waals surface area contributed by atoms with Gasteiger partial charge in [-0.2, -0.15) is 0 Å². The van der Waals surface area contributed by atoms with Gasteiger partial charge < -0.3 is 5.32 Å². The molecule has 0 saturated carbocycles. The maximum absolute atomic E-state index is 10.6. The van der Waals surface area contributed by atoms with Crippen LogP contribution in [0.3, 0.4) is 0 Å². The Balaban J connectivity index is 1.48. The van der Waals surface area contributed by atoms with Gasteiger partial charge in [0, 0.05) is 31.7 Å². The molecule has 0 amide bonds. The molecule has 0 aliphatic carbocycles. The van der Waals surface area contributed by atoms with E-state index in [0.29, 0.717) is 11.9 Å². The normalized spacial score (nSPS) is 16.2. The van der Waals surface area contributed by atoms with Crippen LogP contribution in [0, 0.1) is 10.1 Å². The van der Waals surface area contributed by atoms with Gasteiger partial charge in [0.2, 0.25) is 0 Å². The lowest BCUT2D eigenvalue weighted by atomic mass is 10.0. The third kappa shape index (κ3) is 4.26. The molecule has 6 nitrogen and oxygen atoms in total. The van der Waals surface area contributed by atoms with Crippen LogP contribution in [0.15, 0.2) is 48.7 Å². The number of nitro groups is 1. The zero-order valence-electron chi connectivity index (χ0n) is 12.9. The van der Waals surface area contributed by atoms with Crippen molar-refractivity contribution in [2.24, 2.45) is 0 Å². The SMILES string of the molecule is O=[N+]([O-])c1ccc(NC2CCN(Cc3ccccc3)CC2)nc1. The molecule has 0 radical (unpaired) electrons. The first-order chi connectivity index (χ1) is 11.2. The summed E-state index contributed by atoms with van der Waals surface area (Å²) < 4.78 is 0. The molecule has 1 fully saturated rings. The fraction of sp³-hybridized carbons (Fsp3) is 0.353. The second kappa shape index (κ2) is 7.19. The summed E-state index contributed by atoms with van der Waals surface area (Å²) in [6.45, 7) is 3.07. The van der Waals surface area contributed by atoms with Crippen molar-refractivity contribution in [3.63, 3.8) is 0 Å². The number of anilines is 1. The molecule has 120 valence electrons. The summed E-state index contributed by atoms with van der Waals surface area (Å²) >= 11 is 0. The van der Waals surface area contributed by atoms with Crippen molar-refractivity contribution in [3.05, 3.63) is 64.3 Å². The first-order valence-electron chi connectivity index (χ1n) is 7.84. The predicted molar refractivity (Wildman–Crippen MR) is 89.3 cm³/mol. The van der Waals surface area contributed by atoms with E-state index in [-0.39, 0.29) is 5.69 Å². The Kier molecular flexibility index (Phi) is 4.83. The summed E-state index contributed by atoms with van der Waals surface area (Å²) in [4.78, 5) is 16.8. The Bertz CT molecular complexity index is 637. The number of hydrogen-bond donors (Lipinski definition) is 1. The maximum atomic E-state index is 10.6. The monoisotopic (exact) mass is 312 g/mol. The molecular formula is C17H20N4O2. The van der Waals surface area contributed by atoms with Crippen molar-refractivity contribution in [3.8, 4) is 0 Å². The Hall–Kier alpha value is -2.47. The molecular weight excluding hydrogens is 292 g/mol. The van der Waals surface area contributed by atoms with Crippen LogP contribution in [0.25, 0.3) is 0 Å². The molecule has 1 N–H and O–H groups in total. The van der Waals surface area contributed by atoms with Crippen molar-refractivity contribution in [1.29, 1.82) is 0 Å². The van der Waals surface area contributed by atoms with Crippen LogP contribution in [0.1, 0.15) is 18.4 Å². The molecule has 23 heavy (non-hydrogen) atoms. The van der Waals surface area contributed by atoms with Crippen LogP contribution >= 0.6 is 0 Å². The van der Waals surface area contributed by atoms with Gasteiger partial charge in [-0.3, -0.25) is 15.0 Å². The number of aromatic nitrogens is 1. The highest BCUT2D eigenvalue weighted by molar-refractivity contribution is 5.40. The average molecular weight is 312 g/mol. The number of likely N-dealkylation sites (tertiary alicyclic amines) is 1. The van der Waals surface area contributed by atoms with E-state index in [1.807, 2.05) is 6.07 Å². The Labute approximate surface area is 135 Å². The Morgan fingerprint density at radius 3 is 2.52 bits per heavy atom. The third-order valence-electron chi connectivity index (χ3n) is 4.15. The van der Waals surface area contributed by atoms with Gasteiger partial charge in [0.15, 0.2) is 0 Å². The molecule has 6 heteroatoms. The average Bonchev–Trinajstić information content (AvgIpc) is 2.58. The standard InChI is InChI=1S/C17H20N4O2/c22-21(23)16-6-7-17(18-12-16)19-15-8-10-20(11-9-15)13-14-4-2-1-3-5-14/h1-7,12,15H,8-11,13H2,(H,18,19). The molecule has 0 unspecified atom stereocenters. The van der Waals surface area contributed by atoms with E-state index in [2.05, 4.69) is 39.5 Å². The van der Waals surface area contributed by atoms with E-state index in [1.165, 1.54) is 17.8 Å². The zero-order valence-corrected chi connectivity index (χ0v) is 12.9. The molecule has 0 atom stereocenters. The lowest BCUT2D eigenvalue weighted by molar-refractivity contribution is -0.385. The van der Waals surface area contributed by atoms with E-state index in [1.54, 1.807) is 6.07 Å². The molecule has 2 aromatic rings. The number of nitrogens with one attached hydrogen (secondary N) is 1. The topological polar surface area (TPSA) is 71.3 Å². The van der Waals surface area contributed by atoms with Gasteiger partial charge in [-0.25, -0.2) is 4.98 Å². The second-order valence-electron chi connectivity index (χ2n) is 5.84. The van der Waals surface area contributed by atoms with E-state index >= 15 is 0 Å². The highest BCUT2D eigenvalue weighted by atomic mass is 16.6. The van der Waals surface area contributed by atoms with E-state index in [0.717, 1.165) is 32.5 Å². The summed E-state index contributed by atoms with van der Waals surface area (Å²) in [5.74, 6) is 0.706. The van der Waals surface area contributed by atoms with Crippen LogP contribution in [0.5, 0.6) is 0 Å². The Morgan fingerprint density at radius 2 is 1.91 bits per heavy atom. The van der Waals surface area contributed by atoms with Gasteiger partial charge >= 0.3 is 0 Å². The minimum atomic E-state index is -0.432. The summed E-state index contributed by atoms with van der Waals surface area (Å²) in [5.41, 5.74) is 1.36. The maximum Gasteiger partial charge on any atom is 0.287 e. The molecule has 0 bridgehead atoms. The fourth-order valence-corrected chi connectivity index (χ4v) is 2.87. The van der Waals surface area contributed by atoms with Crippen molar-refractivity contribution in [2.45, 2.75) is 25.4 Å². The number of pyridine rings is 1. The summed E-state index contributed by atoms with van der Waals surface area (Å²) in [5, 5.41) is 14.0. The summed E-state index contributed by atoms with van der Waals surface area (Å²) in [7, 11) is 0. The van der Waals surface area contributed by atoms with Crippen molar-refractivity contribution < 1.29 is 4.92 Å². The van der Waals surface area contributed by atoms with Crippen LogP contribution in [-0.4, -0.2) is 33.9 Å². The van der Waals surface area contributed by atoms with Crippen LogP contribution in [0.4, 0.5) is 11.5 Å². The third-order valence-corrected chi connectivity index (χ3v) is 4.15. The highest BCUT2D eigenvalue weighted by Gasteiger charge is 2.19. The molecule has 1 aliphatic heterocycles. The van der Waals surface area contributed by atoms with Gasteiger partial charge in [-0.1, -0.05) is 30.3 Å². The minimum absolute atomic E-state index is 0.0215. The molecule has 1 aromatic heterocycles. The van der Waals surface area contributed by atoms with Crippen LogP contribution in [-0.2, 0) is 6.54 Å². The molecule has 2 heterocycles. The summed E-state index contributed by atoms with van der Waals surface area (Å²) in [6.07, 6.45) is 3.39. The number of nitrogens with zero attached hydrogens (tertiary/aromatic N) is 3. The zero-order chi connectivity index (χ0) is 16.1. The largest absolute Gasteiger partial charge is 0.367 e. The second-order valence-corrected chi connectivity index (χ2v) is 5.84. The van der Waals surface area contributed by atoms with Gasteiger partial charge in [0.25, 0.3) is 5.69 Å². The lowest BCUT2D eigenvalue weighted by Crippen LogP contribution is -2.38. The van der Waals surface area contributed by atoms with E-state index in [4.69, 9.17) is 0 Å². The molecule has 1 saturated heterocycles. The number of benzene rings is 1. The number of hydrogen-bond acceptors (Lipinski definition) is 5. The molecule has 3 rings (SSSR count). The fourth-order valence-electron chi connectivity index (χ4n) is 2.87. The van der Waals surface area contributed by atoms with E-state index < -0.39 is 4.92 Å². The first-order valence-corrected chi connectivity index (χ1v) is 7.84. The van der Waals surface area contributed by atoms with Crippen molar-refractivity contribution in [2.75, 3.05) is 18.4 Å². The number of rotatable bonds is 5. The predicted octanol–water partition coefficient (Wildman–Crippen LogP) is 3.07. The Morgan fingerprint density at radius 1 is 1.17 bits per heavy atom. The lowest BCUT2D eigenvalue weighted by Gasteiger charge is -2.32. The first kappa shape index (κ1) is 15.4. The van der Waals surface area contributed by atoms with Gasteiger partial charge in [-0.05, 0) is 24.5 Å². The van der Waals surface area contributed by atoms with Gasteiger partial charge in [0.1, 0.15) is 12.0 Å². The van der Waals surface area contributed by atoms with E-state index in [9.17, 15) is 10.1 Å². The molecule has 1 aromatic carbocycles. The quantitative estimate of drug-likeness (QED) is 0.678. The van der Waals surface area contributed by atoms with Crippen LogP contribution < -0.4 is 5.32 Å². The molecule has 1 aliphatic rings. The highest BCUT2D eigenvalue weighted by Crippen LogP contribution is 2.18.